The summed E-state index contributed by atoms with van der Waals surface area (Å²) < 4.78 is 58.1. The SMILES string of the molecule is OC(CCc1ncc(F)c(N2CCOCC2)n1)c1ccc(Nc2cccc(C(F)(F)F)c2)cn1. The lowest BCUT2D eigenvalue weighted by Crippen LogP contribution is -2.37. The van der Waals surface area contributed by atoms with Gasteiger partial charge in [0.2, 0.25) is 0 Å². The highest BCUT2D eigenvalue weighted by Gasteiger charge is 2.30. The molecular formula is C23H23F4N5O2. The van der Waals surface area contributed by atoms with E-state index in [0.717, 1.165) is 18.3 Å². The Morgan fingerprint density at radius 3 is 2.56 bits per heavy atom. The van der Waals surface area contributed by atoms with Gasteiger partial charge in [-0.2, -0.15) is 13.2 Å². The number of alkyl halides is 3. The Morgan fingerprint density at radius 1 is 1.06 bits per heavy atom. The number of anilines is 3. The first-order valence-electron chi connectivity index (χ1n) is 10.7. The lowest BCUT2D eigenvalue weighted by molar-refractivity contribution is -0.137. The lowest BCUT2D eigenvalue weighted by atomic mass is 10.1. The van der Waals surface area contributed by atoms with Crippen LogP contribution in [0.3, 0.4) is 0 Å². The van der Waals surface area contributed by atoms with Crippen molar-refractivity contribution in [1.29, 1.82) is 0 Å². The van der Waals surface area contributed by atoms with Gasteiger partial charge in [0, 0.05) is 25.2 Å². The molecule has 1 aliphatic rings. The molecule has 1 aromatic carbocycles. The molecule has 1 saturated heterocycles. The zero-order valence-electron chi connectivity index (χ0n) is 18.1. The highest BCUT2D eigenvalue weighted by molar-refractivity contribution is 5.59. The molecule has 0 aliphatic carbocycles. The van der Waals surface area contributed by atoms with Crippen LogP contribution in [0.2, 0.25) is 0 Å². The number of benzene rings is 1. The summed E-state index contributed by atoms with van der Waals surface area (Å²) in [5, 5.41) is 13.4. The van der Waals surface area contributed by atoms with Crippen LogP contribution in [0.1, 0.15) is 29.6 Å². The number of hydrogen-bond donors (Lipinski definition) is 2. The number of nitrogens with zero attached hydrogens (tertiary/aromatic N) is 4. The first-order chi connectivity index (χ1) is 16.3. The minimum atomic E-state index is -4.43. The zero-order valence-corrected chi connectivity index (χ0v) is 18.1. The third-order valence-corrected chi connectivity index (χ3v) is 5.33. The molecule has 7 nitrogen and oxygen atoms in total. The first-order valence-corrected chi connectivity index (χ1v) is 10.7. The third kappa shape index (κ3) is 5.97. The van der Waals surface area contributed by atoms with Crippen LogP contribution in [0, 0.1) is 5.82 Å². The van der Waals surface area contributed by atoms with Gasteiger partial charge < -0.3 is 20.1 Å². The number of rotatable bonds is 7. The molecule has 3 heterocycles. The number of halogens is 4. The summed E-state index contributed by atoms with van der Waals surface area (Å²) in [4.78, 5) is 14.3. The quantitative estimate of drug-likeness (QED) is 0.492. The first kappa shape index (κ1) is 23.8. The second kappa shape index (κ2) is 10.3. The number of nitrogens with one attached hydrogen (secondary N) is 1. The summed E-state index contributed by atoms with van der Waals surface area (Å²) in [6.07, 6.45) is -2.20. The largest absolute Gasteiger partial charge is 0.416 e. The normalized spacial score (nSPS) is 15.3. The molecule has 180 valence electrons. The molecule has 2 aromatic heterocycles. The molecule has 11 heteroatoms. The third-order valence-electron chi connectivity index (χ3n) is 5.33. The Hall–Kier alpha value is -3.31. The number of aliphatic hydroxyl groups excluding tert-OH is 1. The number of aryl methyl sites for hydroxylation is 1. The Morgan fingerprint density at radius 2 is 1.85 bits per heavy atom. The fourth-order valence-corrected chi connectivity index (χ4v) is 3.54. The molecule has 0 bridgehead atoms. The molecule has 0 amide bonds. The van der Waals surface area contributed by atoms with Crippen LogP contribution in [0.5, 0.6) is 0 Å². The number of ether oxygens (including phenoxy) is 1. The van der Waals surface area contributed by atoms with E-state index in [1.165, 1.54) is 18.3 Å². The minimum absolute atomic E-state index is 0.228. The van der Waals surface area contributed by atoms with Crippen LogP contribution in [0.15, 0.2) is 48.8 Å². The lowest BCUT2D eigenvalue weighted by Gasteiger charge is -2.28. The van der Waals surface area contributed by atoms with Crippen molar-refractivity contribution in [1.82, 2.24) is 15.0 Å². The monoisotopic (exact) mass is 477 g/mol. The van der Waals surface area contributed by atoms with Gasteiger partial charge in [-0.1, -0.05) is 6.07 Å². The number of pyridine rings is 1. The molecule has 0 saturated carbocycles. The van der Waals surface area contributed by atoms with Crippen molar-refractivity contribution < 1.29 is 27.4 Å². The van der Waals surface area contributed by atoms with Gasteiger partial charge in [-0.05, 0) is 36.8 Å². The predicted octanol–water partition coefficient (Wildman–Crippen LogP) is 4.28. The van der Waals surface area contributed by atoms with E-state index in [0.29, 0.717) is 49.9 Å². The summed E-state index contributed by atoms with van der Waals surface area (Å²) >= 11 is 0. The highest BCUT2D eigenvalue weighted by Crippen LogP contribution is 2.31. The van der Waals surface area contributed by atoms with Crippen molar-refractivity contribution in [2.45, 2.75) is 25.1 Å². The maximum Gasteiger partial charge on any atom is 0.416 e. The van der Waals surface area contributed by atoms with Gasteiger partial charge in [-0.25, -0.2) is 14.4 Å². The standard InChI is InChI=1S/C23H23F4N5O2/c24-18-14-29-21(31-22(18)32-8-10-34-11-9-32)7-6-20(33)19-5-4-17(13-28-19)30-16-3-1-2-15(12-16)23(25,26)27/h1-5,12-14,20,30,33H,6-11H2. The molecule has 2 N–H and O–H groups in total. The van der Waals surface area contributed by atoms with Crippen molar-refractivity contribution in [2.75, 3.05) is 36.5 Å². The predicted molar refractivity (Wildman–Crippen MR) is 117 cm³/mol. The minimum Gasteiger partial charge on any atom is -0.387 e. The van der Waals surface area contributed by atoms with Gasteiger partial charge in [-0.15, -0.1) is 0 Å². The number of aromatic nitrogens is 3. The summed E-state index contributed by atoms with van der Waals surface area (Å²) in [7, 11) is 0. The average Bonchev–Trinajstić information content (AvgIpc) is 2.84. The summed E-state index contributed by atoms with van der Waals surface area (Å²) in [5.74, 6) is 0.132. The number of morpholine rings is 1. The Bertz CT molecular complexity index is 1110. The van der Waals surface area contributed by atoms with Crippen LogP contribution in [0.25, 0.3) is 0 Å². The van der Waals surface area contributed by atoms with Crippen LogP contribution in [0.4, 0.5) is 34.8 Å². The summed E-state index contributed by atoms with van der Waals surface area (Å²) in [5.41, 5.74) is 0.393. The highest BCUT2D eigenvalue weighted by atomic mass is 19.4. The van der Waals surface area contributed by atoms with Crippen LogP contribution in [-0.2, 0) is 17.3 Å². The molecule has 3 aromatic rings. The average molecular weight is 477 g/mol. The molecule has 1 unspecified atom stereocenters. The van der Waals surface area contributed by atoms with Crippen molar-refractivity contribution >= 4 is 17.2 Å². The van der Waals surface area contributed by atoms with Gasteiger partial charge in [0.05, 0.1) is 48.7 Å². The van der Waals surface area contributed by atoms with E-state index in [1.807, 2.05) is 0 Å². The molecular weight excluding hydrogens is 454 g/mol. The van der Waals surface area contributed by atoms with E-state index in [9.17, 15) is 22.7 Å². The topological polar surface area (TPSA) is 83.4 Å². The van der Waals surface area contributed by atoms with Crippen LogP contribution >= 0.6 is 0 Å². The molecule has 1 fully saturated rings. The van der Waals surface area contributed by atoms with Gasteiger partial charge in [0.1, 0.15) is 5.82 Å². The Labute approximate surface area is 193 Å². The van der Waals surface area contributed by atoms with Gasteiger partial charge in [0.15, 0.2) is 11.6 Å². The van der Waals surface area contributed by atoms with Crippen LogP contribution < -0.4 is 10.2 Å². The fraction of sp³-hybridized carbons (Fsp3) is 0.348. The second-order valence-corrected chi connectivity index (χ2v) is 7.79. The van der Waals surface area contributed by atoms with E-state index in [1.54, 1.807) is 17.0 Å². The summed E-state index contributed by atoms with van der Waals surface area (Å²) in [6.45, 7) is 2.09. The second-order valence-electron chi connectivity index (χ2n) is 7.79. The molecule has 34 heavy (non-hydrogen) atoms. The van der Waals surface area contributed by atoms with E-state index in [2.05, 4.69) is 20.3 Å². The maximum absolute atomic E-state index is 14.2. The van der Waals surface area contributed by atoms with E-state index in [4.69, 9.17) is 4.74 Å². The van der Waals surface area contributed by atoms with Gasteiger partial charge in [-0.3, -0.25) is 4.98 Å². The molecule has 0 spiro atoms. The van der Waals surface area contributed by atoms with Crippen molar-refractivity contribution in [3.63, 3.8) is 0 Å². The van der Waals surface area contributed by atoms with E-state index < -0.39 is 23.7 Å². The summed E-state index contributed by atoms with van der Waals surface area (Å²) in [6, 6.07) is 8.06. The van der Waals surface area contributed by atoms with Crippen molar-refractivity contribution in [3.8, 4) is 0 Å². The Balaban J connectivity index is 1.36. The Kier molecular flexibility index (Phi) is 7.23. The molecule has 4 rings (SSSR count). The van der Waals surface area contributed by atoms with Crippen molar-refractivity contribution in [3.05, 3.63) is 71.7 Å². The maximum atomic E-state index is 14.2. The molecule has 1 atom stereocenters. The fourth-order valence-electron chi connectivity index (χ4n) is 3.54. The number of hydrogen-bond acceptors (Lipinski definition) is 7. The molecule has 0 radical (unpaired) electrons. The van der Waals surface area contributed by atoms with Gasteiger partial charge in [0.25, 0.3) is 0 Å². The van der Waals surface area contributed by atoms with Crippen molar-refractivity contribution in [2.24, 2.45) is 0 Å². The van der Waals surface area contributed by atoms with Gasteiger partial charge >= 0.3 is 6.18 Å². The zero-order chi connectivity index (χ0) is 24.1. The smallest absolute Gasteiger partial charge is 0.387 e. The van der Waals surface area contributed by atoms with E-state index in [-0.39, 0.29) is 17.9 Å². The number of aliphatic hydroxyl groups is 1. The van der Waals surface area contributed by atoms with E-state index >= 15 is 0 Å². The van der Waals surface area contributed by atoms with Crippen LogP contribution in [-0.4, -0.2) is 46.4 Å². The molecule has 1 aliphatic heterocycles.